The van der Waals surface area contributed by atoms with Crippen LogP contribution in [-0.2, 0) is 4.74 Å². The number of rotatable bonds is 7. The normalized spacial score (nSPS) is 12.0. The van der Waals surface area contributed by atoms with Crippen LogP contribution >= 0.6 is 0 Å². The molecule has 2 aromatic rings. The third kappa shape index (κ3) is 5.08. The number of benzene rings is 2. The molecule has 0 saturated heterocycles. The Hall–Kier alpha value is -2.37. The van der Waals surface area contributed by atoms with Gasteiger partial charge in [0.25, 0.3) is 0 Å². The molecule has 1 atom stereocenters. The lowest BCUT2D eigenvalue weighted by atomic mass is 10.0. The van der Waals surface area contributed by atoms with Crippen molar-refractivity contribution in [3.8, 4) is 11.1 Å². The molecule has 24 heavy (non-hydrogen) atoms. The Morgan fingerprint density at radius 1 is 1.04 bits per heavy atom. The molecule has 0 aliphatic carbocycles. The van der Waals surface area contributed by atoms with E-state index in [4.69, 9.17) is 9.84 Å². The number of carbonyl (C=O) groups excluding carboxylic acids is 1. The Morgan fingerprint density at radius 2 is 1.58 bits per heavy atom. The molecule has 0 amide bonds. The van der Waals surface area contributed by atoms with E-state index in [0.717, 1.165) is 16.8 Å². The first-order chi connectivity index (χ1) is 11.5. The van der Waals surface area contributed by atoms with Gasteiger partial charge < -0.3 is 20.3 Å². The Morgan fingerprint density at radius 3 is 2.08 bits per heavy atom. The molecule has 0 radical (unpaired) electrons. The predicted octanol–water partition coefficient (Wildman–Crippen LogP) is 2.68. The molecule has 0 spiro atoms. The molecule has 0 aromatic heterocycles. The topological polar surface area (TPSA) is 78.8 Å². The average molecular weight is 329 g/mol. The van der Waals surface area contributed by atoms with E-state index in [1.54, 1.807) is 12.1 Å². The maximum atomic E-state index is 11.8. The Bertz CT molecular complexity index is 650. The molecule has 0 aliphatic heterocycles. The molecule has 0 bridgehead atoms. The first-order valence-corrected chi connectivity index (χ1v) is 7.94. The van der Waals surface area contributed by atoms with Crippen molar-refractivity contribution in [1.29, 1.82) is 0 Å². The monoisotopic (exact) mass is 329 g/mol. The van der Waals surface area contributed by atoms with Gasteiger partial charge in [0.05, 0.1) is 24.4 Å². The third-order valence-corrected chi connectivity index (χ3v) is 3.43. The van der Waals surface area contributed by atoms with E-state index >= 15 is 0 Å². The van der Waals surface area contributed by atoms with Crippen LogP contribution in [-0.4, -0.2) is 41.5 Å². The van der Waals surface area contributed by atoms with E-state index < -0.39 is 6.10 Å². The summed E-state index contributed by atoms with van der Waals surface area (Å²) in [6, 6.07) is 15.0. The van der Waals surface area contributed by atoms with Gasteiger partial charge in [0.1, 0.15) is 0 Å². The zero-order chi connectivity index (χ0) is 17.5. The smallest absolute Gasteiger partial charge is 0.338 e. The highest BCUT2D eigenvalue weighted by atomic mass is 16.5. The van der Waals surface area contributed by atoms with Crippen molar-refractivity contribution in [2.75, 3.05) is 18.5 Å². The van der Waals surface area contributed by atoms with Crippen molar-refractivity contribution in [2.24, 2.45) is 0 Å². The van der Waals surface area contributed by atoms with E-state index in [0.29, 0.717) is 12.1 Å². The van der Waals surface area contributed by atoms with Gasteiger partial charge in [0.2, 0.25) is 0 Å². The largest absolute Gasteiger partial charge is 0.459 e. The van der Waals surface area contributed by atoms with Gasteiger partial charge in [-0.1, -0.05) is 24.3 Å². The summed E-state index contributed by atoms with van der Waals surface area (Å²) in [7, 11) is 0. The van der Waals surface area contributed by atoms with Crippen LogP contribution in [0.5, 0.6) is 0 Å². The van der Waals surface area contributed by atoms with Crippen molar-refractivity contribution in [1.82, 2.24) is 0 Å². The number of hydrogen-bond donors (Lipinski definition) is 3. The van der Waals surface area contributed by atoms with Crippen LogP contribution in [0.4, 0.5) is 5.69 Å². The highest BCUT2D eigenvalue weighted by Crippen LogP contribution is 2.22. The molecule has 0 heterocycles. The summed E-state index contributed by atoms with van der Waals surface area (Å²) in [5, 5.41) is 21.2. The predicted molar refractivity (Wildman–Crippen MR) is 94.0 cm³/mol. The maximum Gasteiger partial charge on any atom is 0.338 e. The van der Waals surface area contributed by atoms with Gasteiger partial charge in [0, 0.05) is 12.2 Å². The van der Waals surface area contributed by atoms with Crippen LogP contribution in [0.2, 0.25) is 0 Å². The fourth-order valence-corrected chi connectivity index (χ4v) is 2.16. The minimum atomic E-state index is -0.775. The van der Waals surface area contributed by atoms with Gasteiger partial charge in [-0.2, -0.15) is 0 Å². The van der Waals surface area contributed by atoms with E-state index in [1.807, 2.05) is 50.2 Å². The molecular formula is C19H23NO4. The van der Waals surface area contributed by atoms with Crippen molar-refractivity contribution in [3.63, 3.8) is 0 Å². The summed E-state index contributed by atoms with van der Waals surface area (Å²) in [5.74, 6) is -0.321. The van der Waals surface area contributed by atoms with E-state index in [9.17, 15) is 9.90 Å². The summed E-state index contributed by atoms with van der Waals surface area (Å²) >= 11 is 0. The van der Waals surface area contributed by atoms with Crippen LogP contribution in [0.3, 0.4) is 0 Å². The average Bonchev–Trinajstić information content (AvgIpc) is 2.59. The second-order valence-electron chi connectivity index (χ2n) is 5.83. The SMILES string of the molecule is CC(C)OC(=O)c1ccc(-c2ccc(NCC(O)CO)cc2)cc1. The second kappa shape index (κ2) is 8.47. The Kier molecular flexibility index (Phi) is 6.35. The number of hydrogen-bond acceptors (Lipinski definition) is 5. The molecule has 2 rings (SSSR count). The number of ether oxygens (including phenoxy) is 1. The van der Waals surface area contributed by atoms with Crippen molar-refractivity contribution in [2.45, 2.75) is 26.1 Å². The van der Waals surface area contributed by atoms with Gasteiger partial charge in [-0.3, -0.25) is 0 Å². The molecule has 0 fully saturated rings. The van der Waals surface area contributed by atoms with Crippen LogP contribution in [0, 0.1) is 0 Å². The lowest BCUT2D eigenvalue weighted by molar-refractivity contribution is 0.0378. The van der Waals surface area contributed by atoms with E-state index in [-0.39, 0.29) is 18.7 Å². The highest BCUT2D eigenvalue weighted by molar-refractivity contribution is 5.90. The second-order valence-corrected chi connectivity index (χ2v) is 5.83. The highest BCUT2D eigenvalue weighted by Gasteiger charge is 2.09. The summed E-state index contributed by atoms with van der Waals surface area (Å²) in [5.41, 5.74) is 3.41. The molecule has 5 heteroatoms. The van der Waals surface area contributed by atoms with Crippen molar-refractivity contribution in [3.05, 3.63) is 54.1 Å². The minimum absolute atomic E-state index is 0.137. The van der Waals surface area contributed by atoms with Crippen LogP contribution < -0.4 is 5.32 Å². The van der Waals surface area contributed by atoms with Crippen molar-refractivity contribution >= 4 is 11.7 Å². The van der Waals surface area contributed by atoms with Crippen LogP contribution in [0.1, 0.15) is 24.2 Å². The number of nitrogens with one attached hydrogen (secondary N) is 1. The molecular weight excluding hydrogens is 306 g/mol. The van der Waals surface area contributed by atoms with E-state index in [2.05, 4.69) is 5.32 Å². The molecule has 0 saturated carbocycles. The van der Waals surface area contributed by atoms with Crippen LogP contribution in [0.15, 0.2) is 48.5 Å². The zero-order valence-electron chi connectivity index (χ0n) is 13.9. The standard InChI is InChI=1S/C19H23NO4/c1-13(2)24-19(23)16-5-3-14(4-6-16)15-7-9-17(10-8-15)20-11-18(22)12-21/h3-10,13,18,20-22H,11-12H2,1-2H3. The summed E-state index contributed by atoms with van der Waals surface area (Å²) in [6.45, 7) is 3.67. The third-order valence-electron chi connectivity index (χ3n) is 3.43. The van der Waals surface area contributed by atoms with Gasteiger partial charge in [-0.05, 0) is 49.2 Å². The molecule has 5 nitrogen and oxygen atoms in total. The zero-order valence-corrected chi connectivity index (χ0v) is 13.9. The van der Waals surface area contributed by atoms with Gasteiger partial charge in [-0.25, -0.2) is 4.79 Å². The lowest BCUT2D eigenvalue weighted by Gasteiger charge is -2.11. The number of carbonyl (C=O) groups is 1. The summed E-state index contributed by atoms with van der Waals surface area (Å²) in [4.78, 5) is 11.8. The number of aliphatic hydroxyl groups is 2. The van der Waals surface area contributed by atoms with Gasteiger partial charge >= 0.3 is 5.97 Å². The number of anilines is 1. The fourth-order valence-electron chi connectivity index (χ4n) is 2.16. The van der Waals surface area contributed by atoms with Gasteiger partial charge in [0.15, 0.2) is 0 Å². The Labute approximate surface area is 141 Å². The molecule has 128 valence electrons. The summed E-state index contributed by atoms with van der Waals surface area (Å²) < 4.78 is 5.17. The quantitative estimate of drug-likeness (QED) is 0.681. The number of aliphatic hydroxyl groups excluding tert-OH is 2. The maximum absolute atomic E-state index is 11.8. The molecule has 1 unspecified atom stereocenters. The molecule has 3 N–H and O–H groups in total. The first kappa shape index (κ1) is 18.0. The van der Waals surface area contributed by atoms with E-state index in [1.165, 1.54) is 0 Å². The lowest BCUT2D eigenvalue weighted by Crippen LogP contribution is -2.22. The minimum Gasteiger partial charge on any atom is -0.459 e. The molecule has 2 aromatic carbocycles. The van der Waals surface area contributed by atoms with Crippen LogP contribution in [0.25, 0.3) is 11.1 Å². The van der Waals surface area contributed by atoms with Crippen molar-refractivity contribution < 1.29 is 19.7 Å². The Balaban J connectivity index is 2.02. The number of esters is 1. The van der Waals surface area contributed by atoms with Gasteiger partial charge in [-0.15, -0.1) is 0 Å². The first-order valence-electron chi connectivity index (χ1n) is 7.94. The molecule has 0 aliphatic rings. The summed E-state index contributed by atoms with van der Waals surface area (Å²) in [6.07, 6.45) is -0.913. The fraction of sp³-hybridized carbons (Fsp3) is 0.316.